The average Bonchev–Trinajstić information content (AvgIpc) is 3.13. The smallest absolute Gasteiger partial charge is 0.124 e. The van der Waals surface area contributed by atoms with Crippen LogP contribution in [-0.4, -0.2) is 5.60 Å². The third kappa shape index (κ3) is 2.79. The van der Waals surface area contributed by atoms with E-state index in [2.05, 4.69) is 72.0 Å². The lowest BCUT2D eigenvalue weighted by Crippen LogP contribution is -2.42. The van der Waals surface area contributed by atoms with Crippen LogP contribution >= 0.6 is 0 Å². The van der Waals surface area contributed by atoms with E-state index in [4.69, 9.17) is 4.74 Å². The van der Waals surface area contributed by atoms with Crippen LogP contribution in [0.1, 0.15) is 49.3 Å². The molecule has 2 heteroatoms. The van der Waals surface area contributed by atoms with E-state index in [1.54, 1.807) is 0 Å². The Hall–Kier alpha value is -2.32. The minimum atomic E-state index is 0.0464. The van der Waals surface area contributed by atoms with Crippen LogP contribution in [0.15, 0.2) is 66.7 Å². The highest BCUT2D eigenvalue weighted by Gasteiger charge is 2.42. The average molecular weight is 343 g/mol. The molecule has 1 aliphatic heterocycles. The van der Waals surface area contributed by atoms with E-state index in [0.29, 0.717) is 6.04 Å². The van der Waals surface area contributed by atoms with E-state index in [1.165, 1.54) is 47.6 Å². The molecule has 1 N–H and O–H groups in total. The monoisotopic (exact) mass is 343 g/mol. The minimum absolute atomic E-state index is 0.0464. The summed E-state index contributed by atoms with van der Waals surface area (Å²) in [6.45, 7) is 0.885. The van der Waals surface area contributed by atoms with Crippen molar-refractivity contribution in [3.8, 4) is 5.75 Å². The lowest BCUT2D eigenvalue weighted by molar-refractivity contribution is 0.0365. The third-order valence-corrected chi connectivity index (χ3v) is 6.13. The summed E-state index contributed by atoms with van der Waals surface area (Å²) in [6, 6.07) is 24.2. The maximum Gasteiger partial charge on any atom is 0.124 e. The Balaban J connectivity index is 1.44. The van der Waals surface area contributed by atoms with Crippen LogP contribution in [0.25, 0.3) is 10.8 Å². The van der Waals surface area contributed by atoms with Crippen LogP contribution in [0.2, 0.25) is 0 Å². The molecule has 1 saturated carbocycles. The number of hydrogen-bond donors (Lipinski definition) is 1. The summed E-state index contributed by atoms with van der Waals surface area (Å²) >= 11 is 0. The number of benzene rings is 3. The molecular weight excluding hydrogens is 318 g/mol. The summed E-state index contributed by atoms with van der Waals surface area (Å²) in [7, 11) is 0. The number of rotatable bonds is 3. The highest BCUT2D eigenvalue weighted by molar-refractivity contribution is 5.85. The molecule has 1 atom stereocenters. The standard InChI is InChI=1S/C24H25NO/c1-2-11-20-18(8-1)9-7-10-19(20)17-25-22-16-24(14-5-6-15-24)26-23-13-4-3-12-21(22)23/h1-4,7-13,22,25H,5-6,14-17H2/t22-/m1/s1. The Morgan fingerprint density at radius 3 is 2.58 bits per heavy atom. The van der Waals surface area contributed by atoms with Gasteiger partial charge in [0.1, 0.15) is 11.4 Å². The summed E-state index contributed by atoms with van der Waals surface area (Å²) in [6.07, 6.45) is 6.03. The van der Waals surface area contributed by atoms with Gasteiger partial charge in [-0.2, -0.15) is 0 Å². The lowest BCUT2D eigenvalue weighted by Gasteiger charge is -2.40. The highest BCUT2D eigenvalue weighted by Crippen LogP contribution is 2.47. The summed E-state index contributed by atoms with van der Waals surface area (Å²) in [5.74, 6) is 1.08. The number of fused-ring (bicyclic) bond motifs is 2. The van der Waals surface area contributed by atoms with Crippen LogP contribution in [0.3, 0.4) is 0 Å². The molecule has 3 aromatic carbocycles. The van der Waals surface area contributed by atoms with Crippen molar-refractivity contribution in [3.63, 3.8) is 0 Å². The van der Waals surface area contributed by atoms with Crippen molar-refractivity contribution in [3.05, 3.63) is 77.9 Å². The first kappa shape index (κ1) is 15.9. The van der Waals surface area contributed by atoms with Gasteiger partial charge in [-0.05, 0) is 48.1 Å². The molecule has 0 amide bonds. The number of ether oxygens (including phenoxy) is 1. The molecule has 26 heavy (non-hydrogen) atoms. The summed E-state index contributed by atoms with van der Waals surface area (Å²) in [4.78, 5) is 0. The predicted molar refractivity (Wildman–Crippen MR) is 106 cm³/mol. The molecule has 1 spiro atoms. The molecule has 0 bridgehead atoms. The topological polar surface area (TPSA) is 21.3 Å². The summed E-state index contributed by atoms with van der Waals surface area (Å²) in [5.41, 5.74) is 2.72. The van der Waals surface area contributed by atoms with Gasteiger partial charge in [0.25, 0.3) is 0 Å². The van der Waals surface area contributed by atoms with E-state index >= 15 is 0 Å². The molecule has 1 fully saturated rings. The maximum absolute atomic E-state index is 6.49. The fourth-order valence-corrected chi connectivity index (χ4v) is 4.81. The molecule has 0 saturated heterocycles. The SMILES string of the molecule is c1ccc2c(c1)OC1(CCCC1)C[C@H]2NCc1cccc2ccccc12. The van der Waals surface area contributed by atoms with Crippen molar-refractivity contribution in [2.24, 2.45) is 0 Å². The zero-order chi connectivity index (χ0) is 17.4. The lowest BCUT2D eigenvalue weighted by atomic mass is 9.85. The molecule has 1 heterocycles. The second kappa shape index (κ2) is 6.44. The van der Waals surface area contributed by atoms with E-state index in [-0.39, 0.29) is 5.60 Å². The highest BCUT2D eigenvalue weighted by atomic mass is 16.5. The van der Waals surface area contributed by atoms with Crippen LogP contribution in [-0.2, 0) is 6.54 Å². The maximum atomic E-state index is 6.49. The first-order chi connectivity index (χ1) is 12.8. The molecule has 0 aromatic heterocycles. The molecule has 5 rings (SSSR count). The second-order valence-electron chi connectivity index (χ2n) is 7.81. The third-order valence-electron chi connectivity index (χ3n) is 6.13. The van der Waals surface area contributed by atoms with Crippen LogP contribution in [0, 0.1) is 0 Å². The molecule has 1 aliphatic carbocycles. The largest absolute Gasteiger partial charge is 0.487 e. The number of hydrogen-bond acceptors (Lipinski definition) is 2. The second-order valence-corrected chi connectivity index (χ2v) is 7.81. The molecule has 2 aliphatic rings. The summed E-state index contributed by atoms with van der Waals surface area (Å²) < 4.78 is 6.49. The Kier molecular flexibility index (Phi) is 3.94. The zero-order valence-corrected chi connectivity index (χ0v) is 15.1. The van der Waals surface area contributed by atoms with Gasteiger partial charge < -0.3 is 10.1 Å². The van der Waals surface area contributed by atoms with Gasteiger partial charge in [0, 0.05) is 24.6 Å². The molecule has 0 radical (unpaired) electrons. The Bertz CT molecular complexity index is 921. The van der Waals surface area contributed by atoms with Crippen molar-refractivity contribution in [1.82, 2.24) is 5.32 Å². The van der Waals surface area contributed by atoms with Crippen LogP contribution in [0.4, 0.5) is 0 Å². The minimum Gasteiger partial charge on any atom is -0.487 e. The predicted octanol–water partition coefficient (Wildman–Crippen LogP) is 5.77. The zero-order valence-electron chi connectivity index (χ0n) is 15.1. The van der Waals surface area contributed by atoms with Crippen molar-refractivity contribution in [1.29, 1.82) is 0 Å². The van der Waals surface area contributed by atoms with Gasteiger partial charge in [-0.3, -0.25) is 0 Å². The normalized spacial score (nSPS) is 20.8. The quantitative estimate of drug-likeness (QED) is 0.652. The van der Waals surface area contributed by atoms with Gasteiger partial charge in [0.15, 0.2) is 0 Å². The van der Waals surface area contributed by atoms with E-state index in [9.17, 15) is 0 Å². The van der Waals surface area contributed by atoms with Gasteiger partial charge in [-0.1, -0.05) is 60.7 Å². The van der Waals surface area contributed by atoms with Crippen molar-refractivity contribution in [2.45, 2.75) is 50.3 Å². The molecule has 3 aromatic rings. The Labute approximate surface area is 155 Å². The van der Waals surface area contributed by atoms with Crippen LogP contribution < -0.4 is 10.1 Å². The first-order valence-corrected chi connectivity index (χ1v) is 9.81. The van der Waals surface area contributed by atoms with E-state index in [1.807, 2.05) is 0 Å². The van der Waals surface area contributed by atoms with Gasteiger partial charge in [-0.15, -0.1) is 0 Å². The van der Waals surface area contributed by atoms with Gasteiger partial charge in [0.05, 0.1) is 0 Å². The molecule has 0 unspecified atom stereocenters. The van der Waals surface area contributed by atoms with Gasteiger partial charge in [0.2, 0.25) is 0 Å². The Morgan fingerprint density at radius 1 is 0.885 bits per heavy atom. The van der Waals surface area contributed by atoms with E-state index in [0.717, 1.165) is 18.7 Å². The Morgan fingerprint density at radius 2 is 1.65 bits per heavy atom. The van der Waals surface area contributed by atoms with Crippen LogP contribution in [0.5, 0.6) is 5.75 Å². The molecule has 132 valence electrons. The summed E-state index contributed by atoms with van der Waals surface area (Å²) in [5, 5.41) is 6.51. The first-order valence-electron chi connectivity index (χ1n) is 9.81. The van der Waals surface area contributed by atoms with E-state index < -0.39 is 0 Å². The molecule has 2 nitrogen and oxygen atoms in total. The van der Waals surface area contributed by atoms with Crippen molar-refractivity contribution < 1.29 is 4.74 Å². The number of nitrogens with one attached hydrogen (secondary N) is 1. The van der Waals surface area contributed by atoms with Gasteiger partial charge in [-0.25, -0.2) is 0 Å². The van der Waals surface area contributed by atoms with Crippen molar-refractivity contribution >= 4 is 10.8 Å². The number of para-hydroxylation sites is 1. The van der Waals surface area contributed by atoms with Gasteiger partial charge >= 0.3 is 0 Å². The molecular formula is C24H25NO. The fraction of sp³-hybridized carbons (Fsp3) is 0.333. The fourth-order valence-electron chi connectivity index (χ4n) is 4.81. The van der Waals surface area contributed by atoms with Crippen molar-refractivity contribution in [2.75, 3.05) is 0 Å².